The van der Waals surface area contributed by atoms with Crippen molar-refractivity contribution in [1.82, 2.24) is 14.5 Å². The van der Waals surface area contributed by atoms with Crippen LogP contribution in [0.2, 0.25) is 19.6 Å². The maximum absolute atomic E-state index is 8.01. The SMILES string of the molecule is [2H]C(C)(C)c1c[c-]c(-c2ccc([Si](C)(C)C)cn2)cc1.[Ir].[c-]1ccc2c(oc3ccccc32)c1-c1nc2ccccc2n1-c1ccc2sc3ccccc3c2c1. The van der Waals surface area contributed by atoms with Crippen LogP contribution in [0.25, 0.3) is 81.5 Å². The normalized spacial score (nSPS) is 12.2. The third-order valence-corrected chi connectivity index (χ3v) is 13.2. The fourth-order valence-electron chi connectivity index (χ4n) is 7.06. The summed E-state index contributed by atoms with van der Waals surface area (Å²) >= 11 is 1.83. The van der Waals surface area contributed by atoms with E-state index in [1.165, 1.54) is 25.4 Å². The molecule has 0 aliphatic rings. The fourth-order valence-corrected chi connectivity index (χ4v) is 9.18. The molecule has 10 rings (SSSR count). The maximum atomic E-state index is 8.01. The van der Waals surface area contributed by atoms with Gasteiger partial charge in [-0.25, -0.2) is 0 Å². The van der Waals surface area contributed by atoms with Crippen LogP contribution in [0.15, 0.2) is 144 Å². The summed E-state index contributed by atoms with van der Waals surface area (Å²) in [7, 11) is -1.29. The Kier molecular flexibility index (Phi) is 9.57. The fraction of sp³-hybridized carbons (Fsp3) is 0.125. The second-order valence-electron chi connectivity index (χ2n) is 14.9. The Balaban J connectivity index is 0.000000181. The zero-order valence-corrected chi connectivity index (χ0v) is 35.5. The summed E-state index contributed by atoms with van der Waals surface area (Å²) in [5.41, 5.74) is 8.53. The number of pyridine rings is 1. The van der Waals surface area contributed by atoms with Crippen LogP contribution in [-0.2, 0) is 20.1 Å². The molecule has 0 saturated heterocycles. The number of fused-ring (bicyclic) bond motifs is 7. The van der Waals surface area contributed by atoms with Gasteiger partial charge in [0, 0.05) is 58.9 Å². The first-order chi connectivity index (χ1) is 26.5. The first kappa shape index (κ1) is 35.5. The van der Waals surface area contributed by atoms with Gasteiger partial charge in [0.1, 0.15) is 5.58 Å². The van der Waals surface area contributed by atoms with Crippen molar-refractivity contribution < 1.29 is 25.9 Å². The van der Waals surface area contributed by atoms with Crippen molar-refractivity contribution in [2.45, 2.75) is 39.4 Å². The number of hydrogen-bond acceptors (Lipinski definition) is 4. The van der Waals surface area contributed by atoms with E-state index in [-0.39, 0.29) is 20.1 Å². The van der Waals surface area contributed by atoms with E-state index in [2.05, 4.69) is 126 Å². The zero-order chi connectivity index (χ0) is 37.9. The van der Waals surface area contributed by atoms with Crippen LogP contribution < -0.4 is 5.19 Å². The van der Waals surface area contributed by atoms with E-state index in [9.17, 15) is 0 Å². The number of hydrogen-bond donors (Lipinski definition) is 0. The molecule has 273 valence electrons. The van der Waals surface area contributed by atoms with Crippen molar-refractivity contribution in [2.24, 2.45) is 0 Å². The van der Waals surface area contributed by atoms with Gasteiger partial charge in [0.05, 0.1) is 30.5 Å². The van der Waals surface area contributed by atoms with Crippen LogP contribution in [0.1, 0.15) is 26.7 Å². The molecular formula is C48H39IrN3OSSi-2. The summed E-state index contributed by atoms with van der Waals surface area (Å²) in [4.78, 5) is 9.65. The molecule has 0 bridgehead atoms. The Bertz CT molecular complexity index is 2950. The van der Waals surface area contributed by atoms with Gasteiger partial charge in [0.2, 0.25) is 0 Å². The molecule has 0 amide bonds. The van der Waals surface area contributed by atoms with Gasteiger partial charge in [-0.05, 0) is 53.3 Å². The number of imidazole rings is 1. The van der Waals surface area contributed by atoms with Crippen LogP contribution in [0.5, 0.6) is 0 Å². The minimum Gasteiger partial charge on any atom is -0.501 e. The molecule has 0 aliphatic carbocycles. The number of benzene rings is 6. The van der Waals surface area contributed by atoms with Crippen molar-refractivity contribution in [3.63, 3.8) is 0 Å². The first-order valence-corrected chi connectivity index (χ1v) is 22.6. The third-order valence-electron chi connectivity index (χ3n) is 10.0. The minimum atomic E-state index is -1.29. The Labute approximate surface area is 341 Å². The average molecular weight is 927 g/mol. The van der Waals surface area contributed by atoms with Crippen LogP contribution in [0, 0.1) is 12.1 Å². The second kappa shape index (κ2) is 14.8. The minimum absolute atomic E-state index is 0. The van der Waals surface area contributed by atoms with E-state index < -0.39 is 14.0 Å². The largest absolute Gasteiger partial charge is 0.501 e. The molecule has 10 aromatic rings. The van der Waals surface area contributed by atoms with E-state index in [1.807, 2.05) is 79.9 Å². The Morgan fingerprint density at radius 3 is 2.29 bits per heavy atom. The average Bonchev–Trinajstić information content (AvgIpc) is 3.89. The monoisotopic (exact) mass is 927 g/mol. The molecule has 0 saturated carbocycles. The van der Waals surface area contributed by atoms with Crippen molar-refractivity contribution in [2.75, 3.05) is 0 Å². The van der Waals surface area contributed by atoms with E-state index in [4.69, 9.17) is 10.8 Å². The van der Waals surface area contributed by atoms with Gasteiger partial charge >= 0.3 is 0 Å². The number of furan rings is 1. The Morgan fingerprint density at radius 2 is 1.53 bits per heavy atom. The number of thiophene rings is 1. The molecule has 1 radical (unpaired) electrons. The molecular weight excluding hydrogens is 887 g/mol. The predicted molar refractivity (Wildman–Crippen MR) is 231 cm³/mol. The number of rotatable bonds is 5. The smallest absolute Gasteiger partial charge is 0.120 e. The zero-order valence-electron chi connectivity index (χ0n) is 32.3. The number of nitrogens with zero attached hydrogens (tertiary/aromatic N) is 3. The Morgan fingerprint density at radius 1 is 0.764 bits per heavy atom. The van der Waals surface area contributed by atoms with Gasteiger partial charge in [-0.2, -0.15) is 0 Å². The van der Waals surface area contributed by atoms with E-state index in [1.54, 1.807) is 0 Å². The van der Waals surface area contributed by atoms with Gasteiger partial charge < -0.3 is 14.0 Å². The molecule has 0 fully saturated rings. The molecule has 0 N–H and O–H groups in total. The van der Waals surface area contributed by atoms with Crippen LogP contribution in [-0.4, -0.2) is 22.6 Å². The summed E-state index contributed by atoms with van der Waals surface area (Å²) < 4.78 is 19.2. The summed E-state index contributed by atoms with van der Waals surface area (Å²) in [5, 5.41) is 6.09. The van der Waals surface area contributed by atoms with Crippen molar-refractivity contribution in [3.8, 4) is 28.3 Å². The van der Waals surface area contributed by atoms with Gasteiger partial charge in [-0.15, -0.1) is 64.9 Å². The van der Waals surface area contributed by atoms with Gasteiger partial charge in [0.15, 0.2) is 0 Å². The molecule has 7 heteroatoms. The molecule has 4 aromatic heterocycles. The maximum Gasteiger partial charge on any atom is 0.120 e. The van der Waals surface area contributed by atoms with Crippen molar-refractivity contribution in [1.29, 1.82) is 0 Å². The summed E-state index contributed by atoms with van der Waals surface area (Å²) in [5.74, 6) is 0.249. The van der Waals surface area contributed by atoms with Gasteiger partial charge in [-0.3, -0.25) is 4.98 Å². The quantitative estimate of drug-likeness (QED) is 0.128. The molecule has 0 aliphatic heterocycles. The molecule has 4 nitrogen and oxygen atoms in total. The van der Waals surface area contributed by atoms with Crippen molar-refractivity contribution >= 4 is 77.7 Å². The molecule has 4 heterocycles. The summed E-state index contributed by atoms with van der Waals surface area (Å²) in [6.45, 7) is 10.7. The molecule has 6 aromatic carbocycles. The van der Waals surface area contributed by atoms with Gasteiger partial charge in [0.25, 0.3) is 0 Å². The number of aromatic nitrogens is 3. The van der Waals surface area contributed by atoms with E-state index in [0.717, 1.165) is 66.9 Å². The first-order valence-electron chi connectivity index (χ1n) is 18.7. The predicted octanol–water partition coefficient (Wildman–Crippen LogP) is 13.0. The topological polar surface area (TPSA) is 43.9 Å². The van der Waals surface area contributed by atoms with Gasteiger partial charge in [-0.1, -0.05) is 111 Å². The third kappa shape index (κ3) is 6.87. The second-order valence-corrected chi connectivity index (χ2v) is 21.1. The number of para-hydroxylation sites is 3. The molecule has 0 spiro atoms. The summed E-state index contributed by atoms with van der Waals surface area (Å²) in [6, 6.07) is 52.6. The molecule has 0 atom stereocenters. The van der Waals surface area contributed by atoms with Crippen LogP contribution in [0.4, 0.5) is 0 Å². The van der Waals surface area contributed by atoms with Crippen LogP contribution >= 0.6 is 11.3 Å². The molecule has 55 heavy (non-hydrogen) atoms. The molecule has 0 unspecified atom stereocenters. The van der Waals surface area contributed by atoms with Crippen LogP contribution in [0.3, 0.4) is 0 Å². The Hall–Kier alpha value is -5.17. The van der Waals surface area contributed by atoms with E-state index >= 15 is 0 Å². The van der Waals surface area contributed by atoms with E-state index in [0.29, 0.717) is 0 Å². The summed E-state index contributed by atoms with van der Waals surface area (Å²) in [6.07, 6.45) is 2.00. The standard InChI is InChI=1S/C31H17N2OS.C17H22NSi.Ir/c1-5-14-27-20(8-1)22-10-7-11-23(30(22)34-27)31-32-25-12-3-4-13-26(25)33(31)19-16-17-29-24(18-19)21-9-2-6-15-28(21)35-29;1-13(2)14-6-8-15(9-7-14)17-11-10-16(12-18-17)19(3,4)5;/h1-10,12-18H;6-8,10-13H,1-5H3;/q2*-1;/i;13D;. The van der Waals surface area contributed by atoms with Crippen molar-refractivity contribution in [3.05, 3.63) is 157 Å².